The summed E-state index contributed by atoms with van der Waals surface area (Å²) in [7, 11) is -4.62. The molecule has 0 unspecified atom stereocenters. The van der Waals surface area contributed by atoms with Crippen molar-refractivity contribution in [3.05, 3.63) is 0 Å². The predicted molar refractivity (Wildman–Crippen MR) is 118 cm³/mol. The molecule has 14 nitrogen and oxygen atoms in total. The summed E-state index contributed by atoms with van der Waals surface area (Å²) in [4.78, 5) is 37.9. The van der Waals surface area contributed by atoms with Gasteiger partial charge in [-0.05, 0) is 6.42 Å². The van der Waals surface area contributed by atoms with Crippen LogP contribution in [-0.2, 0) is 24.7 Å². The average Bonchev–Trinajstić information content (AvgIpc) is 3.42. The second-order valence-corrected chi connectivity index (χ2v) is 12.1. The summed E-state index contributed by atoms with van der Waals surface area (Å²) < 4.78 is 33.0. The molecule has 2 saturated heterocycles. The van der Waals surface area contributed by atoms with Crippen LogP contribution in [0.4, 0.5) is 10.3 Å². The zero-order valence-corrected chi connectivity index (χ0v) is 22.9. The van der Waals surface area contributed by atoms with Gasteiger partial charge in [-0.2, -0.15) is 8.42 Å². The Labute approximate surface area is 227 Å². The number of carbonyl (C=O) groups excluding carboxylic acids is 3. The molecule has 2 aromatic rings. The molecule has 4 heterocycles. The van der Waals surface area contributed by atoms with E-state index in [2.05, 4.69) is 25.7 Å². The van der Waals surface area contributed by atoms with Crippen molar-refractivity contribution in [3.63, 3.8) is 0 Å². The number of anilines is 2. The van der Waals surface area contributed by atoms with Crippen molar-refractivity contribution in [2.75, 3.05) is 29.1 Å². The maximum Gasteiger partial charge on any atom is 1.00 e. The molecule has 0 radical (unpaired) electrons. The van der Waals surface area contributed by atoms with E-state index in [-0.39, 0.29) is 72.4 Å². The van der Waals surface area contributed by atoms with Crippen molar-refractivity contribution in [2.45, 2.75) is 27.2 Å². The number of thioether (sulfide) groups is 2. The summed E-state index contributed by atoms with van der Waals surface area (Å²) in [6.45, 7) is 0.210. The van der Waals surface area contributed by atoms with E-state index in [1.165, 1.54) is 28.0 Å². The Morgan fingerprint density at radius 1 is 1.18 bits per heavy atom. The fraction of sp³-hybridized carbons (Fsp3) is 0.462. The second-order valence-electron chi connectivity index (χ2n) is 6.40. The van der Waals surface area contributed by atoms with E-state index in [9.17, 15) is 22.8 Å². The molecule has 0 aliphatic carbocycles. The van der Waals surface area contributed by atoms with E-state index >= 15 is 0 Å². The summed E-state index contributed by atoms with van der Waals surface area (Å²) >= 11 is 4.53. The van der Waals surface area contributed by atoms with Crippen LogP contribution >= 0.6 is 46.2 Å². The number of β-lactam (4-membered cyclic amide) rings is 1. The minimum absolute atomic E-state index is 0. The summed E-state index contributed by atoms with van der Waals surface area (Å²) in [5.74, 6) is -1.45. The van der Waals surface area contributed by atoms with E-state index < -0.39 is 28.3 Å². The number of amides is 3. The van der Waals surface area contributed by atoms with E-state index in [4.69, 9.17) is 10.3 Å². The summed E-state index contributed by atoms with van der Waals surface area (Å²) in [6, 6.07) is -1.61. The molecular formula is C13H15N8NaO6S5. The van der Waals surface area contributed by atoms with Crippen LogP contribution in [0.25, 0.3) is 0 Å². The van der Waals surface area contributed by atoms with Gasteiger partial charge in [-0.25, -0.2) is 4.31 Å². The van der Waals surface area contributed by atoms with Crippen LogP contribution in [0.5, 0.6) is 0 Å². The number of likely N-dealkylation sites (tertiary alicyclic amines) is 1. The molecule has 0 spiro atoms. The third-order valence-corrected chi connectivity index (χ3v) is 9.22. The van der Waals surface area contributed by atoms with Gasteiger partial charge < -0.3 is 12.1 Å². The maximum atomic E-state index is 12.5. The SMILES string of the molecule is Nc1nnc(SCC(=O)Nc2nnc(SCC(=O)N3CC[C@@H]4[C@H]3C(=O)N4S(=O)(=O)O)s2)s1.[H-].[Na+]. The van der Waals surface area contributed by atoms with Gasteiger partial charge in [0.05, 0.1) is 17.5 Å². The predicted octanol–water partition coefficient (Wildman–Crippen LogP) is -3.47. The summed E-state index contributed by atoms with van der Waals surface area (Å²) in [5.41, 5.74) is 5.48. The van der Waals surface area contributed by atoms with E-state index in [1.807, 2.05) is 0 Å². The van der Waals surface area contributed by atoms with Gasteiger partial charge in [-0.3, -0.25) is 24.3 Å². The van der Waals surface area contributed by atoms with Crippen molar-refractivity contribution in [1.29, 1.82) is 0 Å². The zero-order chi connectivity index (χ0) is 23.0. The fourth-order valence-corrected chi connectivity index (χ4v) is 7.17. The number of aromatic nitrogens is 4. The molecule has 4 rings (SSSR count). The van der Waals surface area contributed by atoms with Gasteiger partial charge in [0.2, 0.25) is 22.1 Å². The molecule has 2 aliphatic heterocycles. The van der Waals surface area contributed by atoms with Crippen molar-refractivity contribution in [2.24, 2.45) is 0 Å². The smallest absolute Gasteiger partial charge is 1.00 e. The largest absolute Gasteiger partial charge is 1.00 e. The zero-order valence-electron chi connectivity index (χ0n) is 17.8. The number of nitrogens with one attached hydrogen (secondary N) is 1. The van der Waals surface area contributed by atoms with Crippen LogP contribution < -0.4 is 40.6 Å². The third kappa shape index (κ3) is 5.96. The maximum absolute atomic E-state index is 12.5. The van der Waals surface area contributed by atoms with Crippen LogP contribution in [0.1, 0.15) is 7.85 Å². The Bertz CT molecular complexity index is 1180. The van der Waals surface area contributed by atoms with E-state index in [0.717, 1.165) is 23.1 Å². The number of hydrogen-bond acceptors (Lipinski definition) is 14. The number of hydrogen-bond donors (Lipinski definition) is 3. The van der Waals surface area contributed by atoms with E-state index in [1.54, 1.807) is 0 Å². The third-order valence-electron chi connectivity index (χ3n) is 4.43. The minimum Gasteiger partial charge on any atom is -1.00 e. The molecule has 2 atom stereocenters. The molecule has 20 heteroatoms. The van der Waals surface area contributed by atoms with Gasteiger partial charge >= 0.3 is 39.9 Å². The van der Waals surface area contributed by atoms with Crippen LogP contribution in [0, 0.1) is 0 Å². The van der Waals surface area contributed by atoms with Gasteiger partial charge in [0.15, 0.2) is 8.68 Å². The Balaban J connectivity index is 0.00000204. The van der Waals surface area contributed by atoms with Crippen LogP contribution in [0.2, 0.25) is 0 Å². The first-order valence-electron chi connectivity index (χ1n) is 8.71. The second kappa shape index (κ2) is 10.7. The first-order valence-corrected chi connectivity index (χ1v) is 13.7. The first-order chi connectivity index (χ1) is 15.1. The molecule has 0 aromatic carbocycles. The number of nitrogens with two attached hydrogens (primary N) is 1. The molecule has 2 aliphatic rings. The molecule has 2 fully saturated rings. The standard InChI is InChI=1S/C13H14N8O6S5.Na.H/c14-10-16-18-12(30-10)28-3-6(22)15-11-17-19-13(31-11)29-4-7(23)20-2-1-5-8(20)9(24)21(5)32(25,26)27;;/h5,8H,1-4H2,(H2,14,16)(H,15,17,22)(H,25,26,27);;/q;+1;-1/t5-,8+;;/m1../s1. The number of fused-ring (bicyclic) bond motifs is 1. The normalized spacial score (nSPS) is 19.6. The topological polar surface area (TPSA) is 202 Å². The Morgan fingerprint density at radius 3 is 2.52 bits per heavy atom. The molecule has 33 heavy (non-hydrogen) atoms. The van der Waals surface area contributed by atoms with Crippen LogP contribution in [0.15, 0.2) is 8.68 Å². The van der Waals surface area contributed by atoms with Gasteiger partial charge in [0, 0.05) is 6.54 Å². The number of nitrogens with zero attached hydrogens (tertiary/aromatic N) is 6. The molecule has 2 aromatic heterocycles. The molecule has 0 saturated carbocycles. The Morgan fingerprint density at radius 2 is 1.85 bits per heavy atom. The quantitative estimate of drug-likeness (QED) is 0.0942. The molecular weight excluding hydrogens is 548 g/mol. The van der Waals surface area contributed by atoms with Crippen LogP contribution in [0.3, 0.4) is 0 Å². The minimum atomic E-state index is -4.62. The van der Waals surface area contributed by atoms with Gasteiger partial charge in [0.1, 0.15) is 6.04 Å². The first kappa shape index (κ1) is 26.5. The van der Waals surface area contributed by atoms with Crippen molar-refractivity contribution < 1.29 is 58.3 Å². The molecule has 3 amide bonds. The molecule has 4 N–H and O–H groups in total. The Kier molecular flexibility index (Phi) is 8.60. The van der Waals surface area contributed by atoms with Crippen molar-refractivity contribution in [3.8, 4) is 0 Å². The summed E-state index contributed by atoms with van der Waals surface area (Å²) in [6.07, 6.45) is 0.267. The number of nitrogen functional groups attached to an aromatic ring is 1. The number of carbonyl (C=O) groups is 3. The number of rotatable bonds is 8. The van der Waals surface area contributed by atoms with Crippen LogP contribution in [-0.4, -0.2) is 90.4 Å². The van der Waals surface area contributed by atoms with Crippen molar-refractivity contribution >= 4 is 84.5 Å². The fourth-order valence-electron chi connectivity index (χ4n) is 3.18. The van der Waals surface area contributed by atoms with Gasteiger partial charge in [-0.15, -0.1) is 20.4 Å². The molecule has 0 bridgehead atoms. The van der Waals surface area contributed by atoms with Gasteiger partial charge in [-0.1, -0.05) is 46.2 Å². The average molecular weight is 563 g/mol. The molecule has 174 valence electrons. The van der Waals surface area contributed by atoms with Crippen molar-refractivity contribution in [1.82, 2.24) is 29.6 Å². The summed E-state index contributed by atoms with van der Waals surface area (Å²) in [5, 5.41) is 18.4. The van der Waals surface area contributed by atoms with E-state index in [0.29, 0.717) is 18.1 Å². The Hall–Kier alpha value is -1.06. The monoisotopic (exact) mass is 562 g/mol. The van der Waals surface area contributed by atoms with Gasteiger partial charge in [0.25, 0.3) is 5.91 Å².